The van der Waals surface area contributed by atoms with Gasteiger partial charge in [0.25, 0.3) is 0 Å². The average molecular weight is 369 g/mol. The maximum atomic E-state index is 12.0. The van der Waals surface area contributed by atoms with Gasteiger partial charge in [-0.05, 0) is 42.5 Å². The van der Waals surface area contributed by atoms with Gasteiger partial charge in [-0.15, -0.1) is 0 Å². The van der Waals surface area contributed by atoms with E-state index in [-0.39, 0.29) is 22.0 Å². The number of carbonyl (C=O) groups excluding carboxylic acids is 1. The molecule has 0 fully saturated rings. The largest absolute Gasteiger partial charge is 0.480 e. The number of fused-ring (bicyclic) bond motifs is 3. The fraction of sp³-hybridized carbons (Fsp3) is 0.444. The summed E-state index contributed by atoms with van der Waals surface area (Å²) < 4.78 is 5.27. The Kier molecular flexibility index (Phi) is 4.63. The van der Waals surface area contributed by atoms with Crippen molar-refractivity contribution in [3.63, 3.8) is 0 Å². The molecule has 0 heterocycles. The Morgan fingerprint density at radius 2 is 2.12 bits per heavy atom. The summed E-state index contributed by atoms with van der Waals surface area (Å²) in [5, 5.41) is 9.33. The third-order valence-electron chi connectivity index (χ3n) is 4.86. The van der Waals surface area contributed by atoms with Crippen LogP contribution in [0.1, 0.15) is 43.7 Å². The second-order valence-electron chi connectivity index (χ2n) is 6.45. The molecule has 1 N–H and O–H groups in total. The van der Waals surface area contributed by atoms with E-state index in [1.165, 1.54) is 0 Å². The summed E-state index contributed by atoms with van der Waals surface area (Å²) in [6, 6.07) is 1.77. The number of aliphatic carboxylic acids is 1. The summed E-state index contributed by atoms with van der Waals surface area (Å²) in [5.74, 6) is -0.685. The molecule has 0 aromatic heterocycles. The van der Waals surface area contributed by atoms with Crippen LogP contribution in [-0.4, -0.2) is 23.5 Å². The Bertz CT molecular complexity index is 754. The van der Waals surface area contributed by atoms with Crippen LogP contribution in [-0.2, 0) is 16.0 Å². The van der Waals surface area contributed by atoms with Crippen LogP contribution in [0.4, 0.5) is 0 Å². The van der Waals surface area contributed by atoms with Gasteiger partial charge in [0.1, 0.15) is 10.8 Å². The van der Waals surface area contributed by atoms with Crippen LogP contribution in [0.3, 0.4) is 0 Å². The van der Waals surface area contributed by atoms with Crippen LogP contribution in [0.5, 0.6) is 5.75 Å². The van der Waals surface area contributed by atoms with Gasteiger partial charge in [-0.1, -0.05) is 36.5 Å². The Labute approximate surface area is 150 Å². The Morgan fingerprint density at radius 3 is 2.79 bits per heavy atom. The van der Waals surface area contributed by atoms with Crippen molar-refractivity contribution in [3.05, 3.63) is 33.3 Å². The lowest BCUT2D eigenvalue weighted by molar-refractivity contribution is -0.139. The molecule has 0 spiro atoms. The first kappa shape index (κ1) is 17.3. The third-order valence-corrected chi connectivity index (χ3v) is 5.71. The molecular weight excluding hydrogens is 351 g/mol. The molecule has 1 aromatic rings. The van der Waals surface area contributed by atoms with Crippen molar-refractivity contribution in [2.24, 2.45) is 5.41 Å². The van der Waals surface area contributed by atoms with Gasteiger partial charge >= 0.3 is 5.97 Å². The van der Waals surface area contributed by atoms with E-state index < -0.39 is 12.6 Å². The van der Waals surface area contributed by atoms with Crippen molar-refractivity contribution in [3.8, 4) is 5.75 Å². The van der Waals surface area contributed by atoms with Gasteiger partial charge in [0.15, 0.2) is 12.4 Å². The number of ketones is 1. The molecule has 24 heavy (non-hydrogen) atoms. The zero-order valence-electron chi connectivity index (χ0n) is 13.3. The van der Waals surface area contributed by atoms with Crippen LogP contribution in [0.25, 0.3) is 5.57 Å². The number of halogens is 2. The van der Waals surface area contributed by atoms with E-state index in [2.05, 4.69) is 6.92 Å². The number of rotatable bonds is 5. The zero-order valence-corrected chi connectivity index (χ0v) is 14.8. The molecule has 0 radical (unpaired) electrons. The molecule has 0 amide bonds. The normalized spacial score (nSPS) is 22.0. The maximum absolute atomic E-state index is 12.0. The smallest absolute Gasteiger partial charge is 0.341 e. The van der Waals surface area contributed by atoms with Crippen LogP contribution < -0.4 is 4.74 Å². The van der Waals surface area contributed by atoms with E-state index >= 15 is 0 Å². The second kappa shape index (κ2) is 6.41. The molecule has 6 heteroatoms. The fourth-order valence-corrected chi connectivity index (χ4v) is 4.44. The Balaban J connectivity index is 2.09. The first-order valence-corrected chi connectivity index (χ1v) is 8.74. The predicted molar refractivity (Wildman–Crippen MR) is 92.9 cm³/mol. The molecule has 128 valence electrons. The van der Waals surface area contributed by atoms with Crippen LogP contribution in [0.2, 0.25) is 10.0 Å². The highest BCUT2D eigenvalue weighted by atomic mass is 35.5. The lowest BCUT2D eigenvalue weighted by Crippen LogP contribution is -2.25. The lowest BCUT2D eigenvalue weighted by atomic mass is 9.70. The van der Waals surface area contributed by atoms with E-state index in [1.807, 2.05) is 0 Å². The highest BCUT2D eigenvalue weighted by molar-refractivity contribution is 6.44. The molecule has 0 saturated heterocycles. The molecule has 3 rings (SSSR count). The zero-order chi connectivity index (χ0) is 17.5. The molecule has 0 aliphatic heterocycles. The van der Waals surface area contributed by atoms with Crippen molar-refractivity contribution in [1.29, 1.82) is 0 Å². The van der Waals surface area contributed by atoms with Gasteiger partial charge in [0.05, 0.1) is 5.02 Å². The molecule has 0 saturated carbocycles. The van der Waals surface area contributed by atoms with Crippen molar-refractivity contribution in [1.82, 2.24) is 0 Å². The van der Waals surface area contributed by atoms with Gasteiger partial charge in [-0.3, -0.25) is 4.79 Å². The van der Waals surface area contributed by atoms with Crippen molar-refractivity contribution in [2.45, 2.75) is 39.0 Å². The van der Waals surface area contributed by atoms with Crippen molar-refractivity contribution < 1.29 is 19.4 Å². The minimum absolute atomic E-state index is 0.0800. The number of hydrogen-bond donors (Lipinski definition) is 1. The van der Waals surface area contributed by atoms with Gasteiger partial charge in [0.2, 0.25) is 0 Å². The van der Waals surface area contributed by atoms with Gasteiger partial charge in [-0.2, -0.15) is 0 Å². The molecule has 4 nitrogen and oxygen atoms in total. The number of benzene rings is 1. The van der Waals surface area contributed by atoms with Crippen LogP contribution in [0.15, 0.2) is 12.1 Å². The number of carbonyl (C=O) groups is 2. The highest BCUT2D eigenvalue weighted by Gasteiger charge is 2.45. The fourth-order valence-electron chi connectivity index (χ4n) is 3.92. The summed E-state index contributed by atoms with van der Waals surface area (Å²) in [4.78, 5) is 22.7. The molecule has 2 aliphatic carbocycles. The number of allylic oxidation sites excluding steroid dienone is 2. The van der Waals surface area contributed by atoms with E-state index in [0.717, 1.165) is 42.4 Å². The molecule has 0 unspecified atom stereocenters. The summed E-state index contributed by atoms with van der Waals surface area (Å²) in [6.45, 7) is 1.65. The monoisotopic (exact) mass is 368 g/mol. The Hall–Kier alpha value is -1.52. The number of ether oxygens (including phenoxy) is 1. The summed E-state index contributed by atoms with van der Waals surface area (Å²) in [7, 11) is 0. The van der Waals surface area contributed by atoms with Gasteiger partial charge in [-0.25, -0.2) is 4.79 Å². The molecule has 2 aliphatic rings. The summed E-state index contributed by atoms with van der Waals surface area (Å²) in [6.07, 6.45) is 5.82. The lowest BCUT2D eigenvalue weighted by Gasteiger charge is -2.33. The van der Waals surface area contributed by atoms with E-state index in [1.54, 1.807) is 12.1 Å². The van der Waals surface area contributed by atoms with E-state index in [0.29, 0.717) is 11.4 Å². The van der Waals surface area contributed by atoms with E-state index in [4.69, 9.17) is 33.0 Å². The van der Waals surface area contributed by atoms with Crippen LogP contribution in [0, 0.1) is 5.41 Å². The van der Waals surface area contributed by atoms with Gasteiger partial charge < -0.3 is 9.84 Å². The predicted octanol–water partition coefficient (Wildman–Crippen LogP) is 4.55. The van der Waals surface area contributed by atoms with Crippen LogP contribution >= 0.6 is 23.2 Å². The average Bonchev–Trinajstić information content (AvgIpc) is 2.83. The second-order valence-corrected chi connectivity index (χ2v) is 7.21. The topological polar surface area (TPSA) is 63.6 Å². The standard InChI is InChI=1S/C18H18Cl2O4/c1-2-4-18-5-3-11(21)7-12(18)15-10(8-18)6-13(16(19)17(15)20)24-9-14(22)23/h6-7H,2-5,8-9H2,1H3,(H,22,23)/t18-/m0/s1. The number of carboxylic acids is 1. The van der Waals surface area contributed by atoms with Crippen molar-refractivity contribution >= 4 is 40.5 Å². The van der Waals surface area contributed by atoms with Crippen molar-refractivity contribution in [2.75, 3.05) is 6.61 Å². The SMILES string of the molecule is CCC[C@@]12CCC(=O)C=C1c1c(cc(OCC(=O)O)c(Cl)c1Cl)C2. The third kappa shape index (κ3) is 2.82. The summed E-state index contributed by atoms with van der Waals surface area (Å²) >= 11 is 12.8. The minimum Gasteiger partial charge on any atom is -0.480 e. The first-order valence-electron chi connectivity index (χ1n) is 7.99. The molecule has 1 atom stereocenters. The number of hydrogen-bond acceptors (Lipinski definition) is 3. The molecule has 0 bridgehead atoms. The van der Waals surface area contributed by atoms with E-state index in [9.17, 15) is 9.59 Å². The highest BCUT2D eigenvalue weighted by Crippen LogP contribution is 2.58. The Morgan fingerprint density at radius 1 is 1.38 bits per heavy atom. The minimum atomic E-state index is -1.08. The maximum Gasteiger partial charge on any atom is 0.341 e. The molecule has 1 aromatic carbocycles. The number of carboxylic acid groups (broad SMARTS) is 1. The molecular formula is C18H18Cl2O4. The quantitative estimate of drug-likeness (QED) is 0.827. The van der Waals surface area contributed by atoms with Gasteiger partial charge in [0, 0.05) is 17.4 Å². The first-order chi connectivity index (χ1) is 11.4. The summed E-state index contributed by atoms with van der Waals surface area (Å²) in [5.41, 5.74) is 2.70.